The van der Waals surface area contributed by atoms with Crippen LogP contribution in [0.1, 0.15) is 6.42 Å². The number of amides is 1. The standard InChI is InChI=1S/C5H7NOS2/c7-4-1-2-6(4)3-5(8)9/h3,8-9H,1-2H2. The van der Waals surface area contributed by atoms with Gasteiger partial charge in [0.2, 0.25) is 5.91 Å². The minimum absolute atomic E-state index is 0.149. The normalized spacial score (nSPS) is 17.1. The van der Waals surface area contributed by atoms with Crippen molar-refractivity contribution < 1.29 is 4.79 Å². The number of carbonyl (C=O) groups excluding carboxylic acids is 1. The summed E-state index contributed by atoms with van der Waals surface area (Å²) in [5.74, 6) is 0.149. The van der Waals surface area contributed by atoms with Gasteiger partial charge in [-0.05, 0) is 0 Å². The van der Waals surface area contributed by atoms with E-state index >= 15 is 0 Å². The molecule has 50 valence electrons. The second kappa shape index (κ2) is 2.66. The van der Waals surface area contributed by atoms with Crippen molar-refractivity contribution in [2.24, 2.45) is 0 Å². The summed E-state index contributed by atoms with van der Waals surface area (Å²) in [4.78, 5) is 12.2. The number of rotatable bonds is 1. The van der Waals surface area contributed by atoms with E-state index in [1.54, 1.807) is 11.1 Å². The Kier molecular flexibility index (Phi) is 2.08. The molecule has 0 aromatic heterocycles. The lowest BCUT2D eigenvalue weighted by Crippen LogP contribution is -2.38. The fourth-order valence-corrected chi connectivity index (χ4v) is 0.887. The Morgan fingerprint density at radius 1 is 1.67 bits per heavy atom. The van der Waals surface area contributed by atoms with E-state index < -0.39 is 0 Å². The number of nitrogens with zero attached hydrogens (tertiary/aromatic N) is 1. The molecule has 9 heavy (non-hydrogen) atoms. The van der Waals surface area contributed by atoms with Crippen LogP contribution in [-0.4, -0.2) is 17.4 Å². The fraction of sp³-hybridized carbons (Fsp3) is 0.400. The first kappa shape index (κ1) is 7.02. The highest BCUT2D eigenvalue weighted by atomic mass is 32.2. The van der Waals surface area contributed by atoms with Crippen LogP contribution in [-0.2, 0) is 4.79 Å². The van der Waals surface area contributed by atoms with Crippen molar-refractivity contribution in [3.8, 4) is 0 Å². The number of hydrogen-bond donors (Lipinski definition) is 2. The lowest BCUT2D eigenvalue weighted by atomic mass is 10.2. The van der Waals surface area contributed by atoms with Crippen LogP contribution in [0.15, 0.2) is 10.4 Å². The Labute approximate surface area is 64.7 Å². The molecule has 4 heteroatoms. The molecule has 0 spiro atoms. The Hall–Kier alpha value is -0.0900. The highest BCUT2D eigenvalue weighted by molar-refractivity contribution is 8.04. The van der Waals surface area contributed by atoms with Crippen molar-refractivity contribution >= 4 is 31.2 Å². The lowest BCUT2D eigenvalue weighted by molar-refractivity contribution is -0.136. The highest BCUT2D eigenvalue weighted by Gasteiger charge is 2.20. The molecule has 1 rings (SSSR count). The van der Waals surface area contributed by atoms with E-state index in [1.165, 1.54) is 0 Å². The first-order valence-corrected chi connectivity index (χ1v) is 3.49. The third-order valence-corrected chi connectivity index (χ3v) is 1.39. The predicted octanol–water partition coefficient (Wildman–Crippen LogP) is 0.877. The maximum atomic E-state index is 10.6. The zero-order valence-corrected chi connectivity index (χ0v) is 6.53. The van der Waals surface area contributed by atoms with Gasteiger partial charge in [-0.2, -0.15) is 0 Å². The van der Waals surface area contributed by atoms with Crippen molar-refractivity contribution in [2.45, 2.75) is 6.42 Å². The van der Waals surface area contributed by atoms with Crippen molar-refractivity contribution in [2.75, 3.05) is 6.54 Å². The summed E-state index contributed by atoms with van der Waals surface area (Å²) in [7, 11) is 0. The molecule has 0 radical (unpaired) electrons. The zero-order valence-electron chi connectivity index (χ0n) is 4.74. The van der Waals surface area contributed by atoms with E-state index in [0.29, 0.717) is 10.7 Å². The molecule has 0 aromatic rings. The Balaban J connectivity index is 2.46. The third-order valence-electron chi connectivity index (χ3n) is 1.16. The first-order chi connectivity index (χ1) is 4.20. The van der Waals surface area contributed by atoms with Gasteiger partial charge in [-0.15, -0.1) is 25.3 Å². The quantitative estimate of drug-likeness (QED) is 0.432. The van der Waals surface area contributed by atoms with Gasteiger partial charge in [0.25, 0.3) is 0 Å². The summed E-state index contributed by atoms with van der Waals surface area (Å²) in [6.07, 6.45) is 2.28. The van der Waals surface area contributed by atoms with E-state index in [2.05, 4.69) is 25.3 Å². The van der Waals surface area contributed by atoms with Crippen molar-refractivity contribution in [3.05, 3.63) is 10.4 Å². The smallest absolute Gasteiger partial charge is 0.228 e. The topological polar surface area (TPSA) is 20.3 Å². The Morgan fingerprint density at radius 2 is 2.33 bits per heavy atom. The minimum Gasteiger partial charge on any atom is -0.317 e. The van der Waals surface area contributed by atoms with Gasteiger partial charge in [0.1, 0.15) is 0 Å². The third kappa shape index (κ3) is 1.66. The molecule has 1 saturated heterocycles. The average molecular weight is 161 g/mol. The van der Waals surface area contributed by atoms with Gasteiger partial charge < -0.3 is 4.90 Å². The maximum Gasteiger partial charge on any atom is 0.228 e. The molecule has 0 atom stereocenters. The van der Waals surface area contributed by atoms with Gasteiger partial charge in [0, 0.05) is 19.2 Å². The van der Waals surface area contributed by atoms with Gasteiger partial charge in [-0.25, -0.2) is 0 Å². The molecule has 0 saturated carbocycles. The molecule has 0 aliphatic carbocycles. The number of hydrogen-bond acceptors (Lipinski definition) is 3. The van der Waals surface area contributed by atoms with Crippen LogP contribution in [0.4, 0.5) is 0 Å². The van der Waals surface area contributed by atoms with Crippen LogP contribution >= 0.6 is 25.3 Å². The molecule has 2 nitrogen and oxygen atoms in total. The van der Waals surface area contributed by atoms with Gasteiger partial charge >= 0.3 is 0 Å². The number of thiol groups is 2. The molecular weight excluding hydrogens is 154 g/mol. The summed E-state index contributed by atoms with van der Waals surface area (Å²) in [6, 6.07) is 0. The van der Waals surface area contributed by atoms with Crippen LogP contribution < -0.4 is 0 Å². The minimum atomic E-state index is 0.149. The van der Waals surface area contributed by atoms with Crippen molar-refractivity contribution in [1.29, 1.82) is 0 Å². The average Bonchev–Trinajstić information content (AvgIpc) is 1.79. The monoisotopic (exact) mass is 161 g/mol. The molecule has 0 unspecified atom stereocenters. The maximum absolute atomic E-state index is 10.6. The number of likely N-dealkylation sites (tertiary alicyclic amines) is 1. The van der Waals surface area contributed by atoms with E-state index in [1.807, 2.05) is 0 Å². The van der Waals surface area contributed by atoms with Crippen LogP contribution in [0.2, 0.25) is 0 Å². The molecule has 1 amide bonds. The molecule has 1 aliphatic heterocycles. The molecule has 1 fully saturated rings. The first-order valence-electron chi connectivity index (χ1n) is 2.59. The summed E-state index contributed by atoms with van der Waals surface area (Å²) in [5, 5.41) is 0. The van der Waals surface area contributed by atoms with Crippen molar-refractivity contribution in [3.63, 3.8) is 0 Å². The summed E-state index contributed by atoms with van der Waals surface area (Å²) >= 11 is 7.79. The predicted molar refractivity (Wildman–Crippen MR) is 42.4 cm³/mol. The Morgan fingerprint density at radius 3 is 2.44 bits per heavy atom. The van der Waals surface area contributed by atoms with Crippen LogP contribution in [0.25, 0.3) is 0 Å². The van der Waals surface area contributed by atoms with Crippen LogP contribution in [0, 0.1) is 0 Å². The van der Waals surface area contributed by atoms with Gasteiger partial charge in [-0.3, -0.25) is 4.79 Å². The van der Waals surface area contributed by atoms with Crippen LogP contribution in [0.3, 0.4) is 0 Å². The number of β-lactam (4-membered cyclic amide) rings is 1. The highest BCUT2D eigenvalue weighted by Crippen LogP contribution is 2.14. The van der Waals surface area contributed by atoms with E-state index in [0.717, 1.165) is 6.54 Å². The summed E-state index contributed by atoms with van der Waals surface area (Å²) < 4.78 is 0.572. The van der Waals surface area contributed by atoms with Gasteiger partial charge in [0.05, 0.1) is 4.24 Å². The van der Waals surface area contributed by atoms with E-state index in [4.69, 9.17) is 0 Å². The molecule has 1 heterocycles. The lowest BCUT2D eigenvalue weighted by Gasteiger charge is -2.26. The Bertz CT molecular complexity index is 162. The molecule has 0 aromatic carbocycles. The molecular formula is C5H7NOS2. The van der Waals surface area contributed by atoms with Gasteiger partial charge in [-0.1, -0.05) is 0 Å². The largest absolute Gasteiger partial charge is 0.317 e. The number of carbonyl (C=O) groups is 1. The summed E-state index contributed by atoms with van der Waals surface area (Å²) in [5.41, 5.74) is 0. The second-order valence-electron chi connectivity index (χ2n) is 1.82. The van der Waals surface area contributed by atoms with E-state index in [9.17, 15) is 4.79 Å². The molecule has 0 N–H and O–H groups in total. The SMILES string of the molecule is O=C1CCN1C=C(S)S. The summed E-state index contributed by atoms with van der Waals surface area (Å²) in [6.45, 7) is 0.809. The van der Waals surface area contributed by atoms with E-state index in [-0.39, 0.29) is 5.91 Å². The zero-order chi connectivity index (χ0) is 6.85. The molecule has 1 aliphatic rings. The van der Waals surface area contributed by atoms with Gasteiger partial charge in [0.15, 0.2) is 0 Å². The van der Waals surface area contributed by atoms with Crippen molar-refractivity contribution in [1.82, 2.24) is 4.90 Å². The second-order valence-corrected chi connectivity index (χ2v) is 3.14. The molecule has 0 bridgehead atoms. The fourth-order valence-electron chi connectivity index (χ4n) is 0.608. The van der Waals surface area contributed by atoms with Crippen LogP contribution in [0.5, 0.6) is 0 Å².